The third-order valence-corrected chi connectivity index (χ3v) is 3.95. The number of carbonyl (C=O) groups excluding carboxylic acids is 1. The van der Waals surface area contributed by atoms with Gasteiger partial charge in [-0.05, 0) is 19.9 Å². The van der Waals surface area contributed by atoms with E-state index in [9.17, 15) is 4.79 Å². The monoisotopic (exact) mass is 275 g/mol. The van der Waals surface area contributed by atoms with E-state index in [0.29, 0.717) is 11.3 Å². The summed E-state index contributed by atoms with van der Waals surface area (Å²) < 4.78 is 5.62. The zero-order chi connectivity index (χ0) is 14.1. The maximum absolute atomic E-state index is 12.7. The summed E-state index contributed by atoms with van der Waals surface area (Å²) in [5, 5.41) is 0. The van der Waals surface area contributed by atoms with Crippen LogP contribution >= 0.6 is 0 Å². The summed E-state index contributed by atoms with van der Waals surface area (Å²) in [6.45, 7) is 8.92. The molecule has 0 aromatic carbocycles. The van der Waals surface area contributed by atoms with Gasteiger partial charge in [0.1, 0.15) is 5.75 Å². The molecular formula is C15H21N3O2. The highest BCUT2D eigenvalue weighted by molar-refractivity contribution is 6.00. The molecule has 4 rings (SSSR count). The Morgan fingerprint density at radius 1 is 1.30 bits per heavy atom. The van der Waals surface area contributed by atoms with E-state index in [2.05, 4.69) is 14.8 Å². The number of ether oxygens (including phenoxy) is 1. The van der Waals surface area contributed by atoms with Gasteiger partial charge in [0.2, 0.25) is 0 Å². The number of aromatic nitrogens is 1. The van der Waals surface area contributed by atoms with Crippen LogP contribution in [0.4, 0.5) is 0 Å². The van der Waals surface area contributed by atoms with Crippen LogP contribution in [0.2, 0.25) is 0 Å². The Kier molecular flexibility index (Phi) is 3.72. The van der Waals surface area contributed by atoms with Crippen LogP contribution in [0.15, 0.2) is 18.5 Å². The molecule has 0 N–H and O–H groups in total. The van der Waals surface area contributed by atoms with E-state index < -0.39 is 0 Å². The molecule has 0 radical (unpaired) electrons. The number of piperazine rings is 3. The Balaban J connectivity index is 1.77. The highest BCUT2D eigenvalue weighted by Crippen LogP contribution is 2.21. The first kappa shape index (κ1) is 13.5. The zero-order valence-electron chi connectivity index (χ0n) is 12.1. The molecular weight excluding hydrogens is 254 g/mol. The number of pyridine rings is 1. The number of fused-ring (bicyclic) bond motifs is 3. The van der Waals surface area contributed by atoms with Crippen molar-refractivity contribution in [1.82, 2.24) is 14.8 Å². The second-order valence-electron chi connectivity index (χ2n) is 5.79. The van der Waals surface area contributed by atoms with Gasteiger partial charge in [0.15, 0.2) is 5.78 Å². The second kappa shape index (κ2) is 5.50. The predicted octanol–water partition coefficient (Wildman–Crippen LogP) is 1.05. The van der Waals surface area contributed by atoms with Crippen molar-refractivity contribution in [2.75, 3.05) is 32.7 Å². The van der Waals surface area contributed by atoms with Crippen LogP contribution < -0.4 is 4.74 Å². The Morgan fingerprint density at radius 3 is 2.65 bits per heavy atom. The Bertz CT molecular complexity index is 496. The first-order valence-electron chi connectivity index (χ1n) is 7.26. The lowest BCUT2D eigenvalue weighted by Crippen LogP contribution is -2.63. The molecule has 0 saturated carbocycles. The van der Waals surface area contributed by atoms with Crippen molar-refractivity contribution >= 4 is 5.78 Å². The Morgan fingerprint density at radius 2 is 2.05 bits per heavy atom. The first-order valence-corrected chi connectivity index (χ1v) is 7.26. The van der Waals surface area contributed by atoms with Gasteiger partial charge >= 0.3 is 0 Å². The van der Waals surface area contributed by atoms with E-state index >= 15 is 0 Å². The minimum atomic E-state index is -0.0198. The fourth-order valence-corrected chi connectivity index (χ4v) is 2.95. The largest absolute Gasteiger partial charge is 0.489 e. The van der Waals surface area contributed by atoms with Crippen molar-refractivity contribution in [3.05, 3.63) is 24.0 Å². The minimum absolute atomic E-state index is 0.0198. The van der Waals surface area contributed by atoms with Gasteiger partial charge in [0.05, 0.1) is 18.3 Å². The molecule has 0 spiro atoms. The SMILES string of the molecule is CC(C)Oc1cncc(C(=O)C2CN3CCN2CC3)c1. The van der Waals surface area contributed by atoms with E-state index in [1.165, 1.54) is 0 Å². The molecule has 2 bridgehead atoms. The molecule has 5 heteroatoms. The molecule has 1 aromatic rings. The molecule has 3 fully saturated rings. The number of rotatable bonds is 4. The van der Waals surface area contributed by atoms with Crippen LogP contribution in [0.25, 0.3) is 0 Å². The van der Waals surface area contributed by atoms with Gasteiger partial charge in [0, 0.05) is 44.5 Å². The van der Waals surface area contributed by atoms with Crippen molar-refractivity contribution < 1.29 is 9.53 Å². The molecule has 1 unspecified atom stereocenters. The molecule has 20 heavy (non-hydrogen) atoms. The van der Waals surface area contributed by atoms with Crippen LogP contribution in [0.1, 0.15) is 24.2 Å². The molecule has 0 aliphatic carbocycles. The molecule has 1 aromatic heterocycles. The molecule has 3 aliphatic rings. The fraction of sp³-hybridized carbons (Fsp3) is 0.600. The fourth-order valence-electron chi connectivity index (χ4n) is 2.95. The van der Waals surface area contributed by atoms with E-state index in [-0.39, 0.29) is 17.9 Å². The molecule has 4 heterocycles. The van der Waals surface area contributed by atoms with Crippen LogP contribution in [-0.4, -0.2) is 65.4 Å². The number of nitrogens with zero attached hydrogens (tertiary/aromatic N) is 3. The Labute approximate surface area is 119 Å². The second-order valence-corrected chi connectivity index (χ2v) is 5.79. The number of Topliss-reactive ketones (excluding diaryl/α,β-unsaturated/α-hetero) is 1. The normalized spacial score (nSPS) is 28.6. The smallest absolute Gasteiger partial charge is 0.182 e. The number of hydrogen-bond donors (Lipinski definition) is 0. The number of ketones is 1. The van der Waals surface area contributed by atoms with E-state index in [4.69, 9.17) is 4.74 Å². The summed E-state index contributed by atoms with van der Waals surface area (Å²) >= 11 is 0. The average Bonchev–Trinajstić information content (AvgIpc) is 2.47. The van der Waals surface area contributed by atoms with Gasteiger partial charge in [0.25, 0.3) is 0 Å². The molecule has 0 amide bonds. The van der Waals surface area contributed by atoms with Gasteiger partial charge < -0.3 is 4.74 Å². The average molecular weight is 275 g/mol. The maximum Gasteiger partial charge on any atom is 0.182 e. The van der Waals surface area contributed by atoms with Crippen molar-refractivity contribution in [2.45, 2.75) is 26.0 Å². The molecule has 108 valence electrons. The highest BCUT2D eigenvalue weighted by atomic mass is 16.5. The lowest BCUT2D eigenvalue weighted by Gasteiger charge is -2.46. The third-order valence-electron chi connectivity index (χ3n) is 3.95. The molecule has 3 saturated heterocycles. The lowest BCUT2D eigenvalue weighted by atomic mass is 9.99. The van der Waals surface area contributed by atoms with Crippen LogP contribution in [0.3, 0.4) is 0 Å². The van der Waals surface area contributed by atoms with Crippen molar-refractivity contribution in [2.24, 2.45) is 0 Å². The summed E-state index contributed by atoms with van der Waals surface area (Å²) in [7, 11) is 0. The first-order chi connectivity index (χ1) is 9.63. The summed E-state index contributed by atoms with van der Waals surface area (Å²) in [6.07, 6.45) is 3.39. The summed E-state index contributed by atoms with van der Waals surface area (Å²) in [6, 6.07) is 1.79. The highest BCUT2D eigenvalue weighted by Gasteiger charge is 2.36. The Hall–Kier alpha value is -1.46. The van der Waals surface area contributed by atoms with Crippen molar-refractivity contribution in [3.63, 3.8) is 0 Å². The zero-order valence-corrected chi connectivity index (χ0v) is 12.1. The quantitative estimate of drug-likeness (QED) is 0.769. The summed E-state index contributed by atoms with van der Waals surface area (Å²) in [5.74, 6) is 0.832. The van der Waals surface area contributed by atoms with Gasteiger partial charge in [-0.3, -0.25) is 19.6 Å². The van der Waals surface area contributed by atoms with E-state index in [1.807, 2.05) is 19.9 Å². The van der Waals surface area contributed by atoms with E-state index in [1.54, 1.807) is 12.4 Å². The van der Waals surface area contributed by atoms with Crippen molar-refractivity contribution in [1.29, 1.82) is 0 Å². The summed E-state index contributed by atoms with van der Waals surface area (Å²) in [5.41, 5.74) is 0.655. The van der Waals surface area contributed by atoms with E-state index in [0.717, 1.165) is 32.7 Å². The number of carbonyl (C=O) groups is 1. The molecule has 5 nitrogen and oxygen atoms in total. The van der Waals surface area contributed by atoms with Crippen LogP contribution in [0, 0.1) is 0 Å². The maximum atomic E-state index is 12.7. The topological polar surface area (TPSA) is 45.7 Å². The van der Waals surface area contributed by atoms with Gasteiger partial charge in [-0.1, -0.05) is 0 Å². The third kappa shape index (κ3) is 2.69. The summed E-state index contributed by atoms with van der Waals surface area (Å²) in [4.78, 5) is 21.5. The number of hydrogen-bond acceptors (Lipinski definition) is 5. The van der Waals surface area contributed by atoms with Gasteiger partial charge in [-0.2, -0.15) is 0 Å². The predicted molar refractivity (Wildman–Crippen MR) is 76.1 cm³/mol. The van der Waals surface area contributed by atoms with Crippen LogP contribution in [0.5, 0.6) is 5.75 Å². The molecule has 1 atom stereocenters. The lowest BCUT2D eigenvalue weighted by molar-refractivity contribution is 0.0159. The van der Waals surface area contributed by atoms with Crippen molar-refractivity contribution in [3.8, 4) is 5.75 Å². The van der Waals surface area contributed by atoms with Gasteiger partial charge in [-0.15, -0.1) is 0 Å². The minimum Gasteiger partial charge on any atom is -0.489 e. The standard InChI is InChI=1S/C15H21N3O2/c1-11(2)20-13-7-12(8-16-9-13)15(19)14-10-17-3-5-18(14)6-4-17/h7-9,11,14H,3-6,10H2,1-2H3. The van der Waals surface area contributed by atoms with Gasteiger partial charge in [-0.25, -0.2) is 0 Å². The van der Waals surface area contributed by atoms with Crippen LogP contribution in [-0.2, 0) is 0 Å². The molecule has 3 aliphatic heterocycles.